The first-order valence-corrected chi connectivity index (χ1v) is 6.24. The molecule has 0 saturated heterocycles. The van der Waals surface area contributed by atoms with Gasteiger partial charge < -0.3 is 11.1 Å². The van der Waals surface area contributed by atoms with Crippen LogP contribution in [0.1, 0.15) is 23.0 Å². The van der Waals surface area contributed by atoms with E-state index in [9.17, 15) is 4.79 Å². The van der Waals surface area contributed by atoms with Crippen molar-refractivity contribution in [2.45, 2.75) is 19.9 Å². The molecular weight excluding hydrogens is 240 g/mol. The van der Waals surface area contributed by atoms with E-state index in [1.165, 1.54) is 0 Å². The maximum atomic E-state index is 12.1. The summed E-state index contributed by atoms with van der Waals surface area (Å²) < 4.78 is 1.71. The van der Waals surface area contributed by atoms with E-state index in [2.05, 4.69) is 10.4 Å². The number of rotatable bonds is 4. The monoisotopic (exact) mass is 258 g/mol. The van der Waals surface area contributed by atoms with Crippen LogP contribution in [-0.4, -0.2) is 28.3 Å². The molecular formula is C14H18N4O. The number of nitrogens with one attached hydrogen (secondary N) is 1. The van der Waals surface area contributed by atoms with Crippen molar-refractivity contribution < 1.29 is 4.79 Å². The van der Waals surface area contributed by atoms with Crippen LogP contribution in [0.3, 0.4) is 0 Å². The van der Waals surface area contributed by atoms with E-state index < -0.39 is 0 Å². The molecule has 19 heavy (non-hydrogen) atoms. The van der Waals surface area contributed by atoms with E-state index in [0.29, 0.717) is 17.8 Å². The lowest BCUT2D eigenvalue weighted by Gasteiger charge is -2.10. The predicted molar refractivity (Wildman–Crippen MR) is 74.3 cm³/mol. The van der Waals surface area contributed by atoms with Crippen LogP contribution in [0.4, 0.5) is 0 Å². The lowest BCUT2D eigenvalue weighted by molar-refractivity contribution is 0.0940. The first kappa shape index (κ1) is 13.3. The summed E-state index contributed by atoms with van der Waals surface area (Å²) in [5, 5.41) is 7.19. The van der Waals surface area contributed by atoms with Gasteiger partial charge in [-0.3, -0.25) is 4.79 Å². The molecule has 5 heteroatoms. The third-order valence-electron chi connectivity index (χ3n) is 2.90. The Balaban J connectivity index is 2.24. The summed E-state index contributed by atoms with van der Waals surface area (Å²) in [6.45, 7) is 4.11. The maximum absolute atomic E-state index is 12.1. The van der Waals surface area contributed by atoms with Gasteiger partial charge in [0.1, 0.15) is 0 Å². The molecule has 3 N–H and O–H groups in total. The largest absolute Gasteiger partial charge is 0.348 e. The third kappa shape index (κ3) is 3.00. The van der Waals surface area contributed by atoms with Crippen molar-refractivity contribution in [1.82, 2.24) is 15.1 Å². The average Bonchev–Trinajstić information content (AvgIpc) is 2.81. The molecule has 0 spiro atoms. The van der Waals surface area contributed by atoms with Crippen molar-refractivity contribution in [3.63, 3.8) is 0 Å². The lowest BCUT2D eigenvalue weighted by atomic mass is 10.2. The van der Waals surface area contributed by atoms with Crippen molar-refractivity contribution in [3.8, 4) is 5.69 Å². The molecule has 0 radical (unpaired) electrons. The summed E-state index contributed by atoms with van der Waals surface area (Å²) in [4.78, 5) is 12.1. The molecule has 5 nitrogen and oxygen atoms in total. The number of para-hydroxylation sites is 1. The molecule has 0 aliphatic carbocycles. The second-order valence-electron chi connectivity index (χ2n) is 4.52. The van der Waals surface area contributed by atoms with Gasteiger partial charge >= 0.3 is 0 Å². The van der Waals surface area contributed by atoms with Gasteiger partial charge in [-0.05, 0) is 26.0 Å². The molecule has 100 valence electrons. The minimum atomic E-state index is -0.141. The maximum Gasteiger partial charge on any atom is 0.255 e. The SMILES string of the molecule is Cc1nn(-c2ccccc2)cc1C(=O)N[C@@H](C)CN. The molecule has 2 aromatic rings. The number of aryl methyl sites for hydroxylation is 1. The summed E-state index contributed by atoms with van der Waals surface area (Å²) in [6.07, 6.45) is 1.74. The van der Waals surface area contributed by atoms with Gasteiger partial charge in [0.25, 0.3) is 5.91 Å². The summed E-state index contributed by atoms with van der Waals surface area (Å²) in [5.74, 6) is -0.141. The first-order chi connectivity index (χ1) is 9.11. The second kappa shape index (κ2) is 5.67. The zero-order chi connectivity index (χ0) is 13.8. The van der Waals surface area contributed by atoms with Crippen LogP contribution in [0.5, 0.6) is 0 Å². The van der Waals surface area contributed by atoms with Gasteiger partial charge in [0, 0.05) is 18.8 Å². The molecule has 0 saturated carbocycles. The molecule has 1 heterocycles. The highest BCUT2D eigenvalue weighted by Gasteiger charge is 2.15. The van der Waals surface area contributed by atoms with Crippen molar-refractivity contribution in [1.29, 1.82) is 0 Å². The second-order valence-corrected chi connectivity index (χ2v) is 4.52. The van der Waals surface area contributed by atoms with Gasteiger partial charge in [-0.15, -0.1) is 0 Å². The highest BCUT2D eigenvalue weighted by molar-refractivity contribution is 5.95. The van der Waals surface area contributed by atoms with Crippen molar-refractivity contribution >= 4 is 5.91 Å². The highest BCUT2D eigenvalue weighted by Crippen LogP contribution is 2.11. The Kier molecular flexibility index (Phi) is 3.97. The normalized spacial score (nSPS) is 12.2. The molecule has 1 aromatic heterocycles. The molecule has 0 fully saturated rings. The molecule has 1 aromatic carbocycles. The Hall–Kier alpha value is -2.14. The van der Waals surface area contributed by atoms with Crippen LogP contribution >= 0.6 is 0 Å². The van der Waals surface area contributed by atoms with E-state index >= 15 is 0 Å². The fourth-order valence-electron chi connectivity index (χ4n) is 1.76. The summed E-state index contributed by atoms with van der Waals surface area (Å²) in [5.41, 5.74) is 7.70. The minimum Gasteiger partial charge on any atom is -0.348 e. The number of amides is 1. The van der Waals surface area contributed by atoms with Crippen LogP contribution in [0.25, 0.3) is 5.69 Å². The van der Waals surface area contributed by atoms with Gasteiger partial charge in [0.15, 0.2) is 0 Å². The first-order valence-electron chi connectivity index (χ1n) is 6.24. The Bertz CT molecular complexity index is 562. The average molecular weight is 258 g/mol. The number of carbonyl (C=O) groups excluding carboxylic acids is 1. The zero-order valence-electron chi connectivity index (χ0n) is 11.1. The van der Waals surface area contributed by atoms with Crippen LogP contribution < -0.4 is 11.1 Å². The number of nitrogens with two attached hydrogens (primary N) is 1. The quantitative estimate of drug-likeness (QED) is 0.867. The van der Waals surface area contributed by atoms with E-state index in [-0.39, 0.29) is 11.9 Å². The summed E-state index contributed by atoms with van der Waals surface area (Å²) >= 11 is 0. The fraction of sp³-hybridized carbons (Fsp3) is 0.286. The number of benzene rings is 1. The molecule has 0 aliphatic rings. The smallest absolute Gasteiger partial charge is 0.255 e. The topological polar surface area (TPSA) is 72.9 Å². The number of nitrogens with zero attached hydrogens (tertiary/aromatic N) is 2. The van der Waals surface area contributed by atoms with E-state index in [1.807, 2.05) is 44.2 Å². The lowest BCUT2D eigenvalue weighted by Crippen LogP contribution is -2.37. The number of carbonyl (C=O) groups is 1. The van der Waals surface area contributed by atoms with Crippen molar-refractivity contribution in [2.24, 2.45) is 5.73 Å². The van der Waals surface area contributed by atoms with Gasteiger partial charge in [0.2, 0.25) is 0 Å². The van der Waals surface area contributed by atoms with Gasteiger partial charge in [-0.1, -0.05) is 18.2 Å². The minimum absolute atomic E-state index is 0.0491. The molecule has 2 rings (SSSR count). The standard InChI is InChI=1S/C14H18N4O/c1-10(8-15)16-14(19)13-9-18(17-11(13)2)12-6-4-3-5-7-12/h3-7,9-10H,8,15H2,1-2H3,(H,16,19)/t10-/m0/s1. The highest BCUT2D eigenvalue weighted by atomic mass is 16.1. The Morgan fingerprint density at radius 2 is 2.11 bits per heavy atom. The van der Waals surface area contributed by atoms with Gasteiger partial charge in [-0.25, -0.2) is 4.68 Å². The van der Waals surface area contributed by atoms with Crippen LogP contribution in [0.2, 0.25) is 0 Å². The Morgan fingerprint density at radius 3 is 2.74 bits per heavy atom. The molecule has 0 aliphatic heterocycles. The Morgan fingerprint density at radius 1 is 1.42 bits per heavy atom. The van der Waals surface area contributed by atoms with Crippen LogP contribution in [0.15, 0.2) is 36.5 Å². The predicted octanol–water partition coefficient (Wildman–Crippen LogP) is 1.26. The fourth-order valence-corrected chi connectivity index (χ4v) is 1.76. The van der Waals surface area contributed by atoms with Gasteiger partial charge in [0.05, 0.1) is 16.9 Å². The van der Waals surface area contributed by atoms with E-state index in [1.54, 1.807) is 10.9 Å². The molecule has 1 amide bonds. The number of hydrogen-bond donors (Lipinski definition) is 2. The molecule has 0 bridgehead atoms. The van der Waals surface area contributed by atoms with Gasteiger partial charge in [-0.2, -0.15) is 5.10 Å². The van der Waals surface area contributed by atoms with Crippen molar-refractivity contribution in [2.75, 3.05) is 6.54 Å². The third-order valence-corrected chi connectivity index (χ3v) is 2.90. The number of aromatic nitrogens is 2. The Labute approximate surface area is 112 Å². The zero-order valence-corrected chi connectivity index (χ0v) is 11.1. The summed E-state index contributed by atoms with van der Waals surface area (Å²) in [6, 6.07) is 9.64. The molecule has 1 atom stereocenters. The molecule has 0 unspecified atom stereocenters. The number of hydrogen-bond acceptors (Lipinski definition) is 3. The summed E-state index contributed by atoms with van der Waals surface area (Å²) in [7, 11) is 0. The van der Waals surface area contributed by atoms with Crippen LogP contribution in [0, 0.1) is 6.92 Å². The van der Waals surface area contributed by atoms with Crippen molar-refractivity contribution in [3.05, 3.63) is 47.8 Å². The van der Waals surface area contributed by atoms with Crippen LogP contribution in [-0.2, 0) is 0 Å². The van der Waals surface area contributed by atoms with E-state index in [0.717, 1.165) is 5.69 Å². The van der Waals surface area contributed by atoms with E-state index in [4.69, 9.17) is 5.73 Å².